The van der Waals surface area contributed by atoms with Gasteiger partial charge in [0.15, 0.2) is 0 Å². The van der Waals surface area contributed by atoms with Crippen LogP contribution in [0, 0.1) is 0 Å². The molecule has 2 aromatic rings. The summed E-state index contributed by atoms with van der Waals surface area (Å²) >= 11 is 0. The van der Waals surface area contributed by atoms with E-state index in [1.807, 2.05) is 24.3 Å². The van der Waals surface area contributed by atoms with E-state index in [-0.39, 0.29) is 11.0 Å². The summed E-state index contributed by atoms with van der Waals surface area (Å²) in [7, 11) is -3.51. The van der Waals surface area contributed by atoms with E-state index in [0.717, 1.165) is 38.0 Å². The predicted octanol–water partition coefficient (Wildman–Crippen LogP) is 1.88. The molecule has 6 nitrogen and oxygen atoms in total. The van der Waals surface area contributed by atoms with Crippen molar-refractivity contribution in [3.05, 3.63) is 65.2 Å². The van der Waals surface area contributed by atoms with Gasteiger partial charge in [-0.25, -0.2) is 8.42 Å². The first-order chi connectivity index (χ1) is 13.0. The minimum absolute atomic E-state index is 0.182. The van der Waals surface area contributed by atoms with Gasteiger partial charge >= 0.3 is 0 Å². The van der Waals surface area contributed by atoms with Crippen LogP contribution in [-0.2, 0) is 23.1 Å². The smallest absolute Gasteiger partial charge is 0.263 e. The molecule has 4 rings (SSSR count). The fraction of sp³-hybridized carbons (Fsp3) is 0.350. The van der Waals surface area contributed by atoms with Gasteiger partial charge in [-0.1, -0.05) is 36.4 Å². The first-order valence-corrected chi connectivity index (χ1v) is 10.6. The number of rotatable bonds is 4. The molecule has 0 radical (unpaired) electrons. The van der Waals surface area contributed by atoms with Gasteiger partial charge in [-0.15, -0.1) is 0 Å². The standard InChI is InChI=1S/C20H23N3O3S/c24-17-9-11-23(12-10-17)14-16-6-2-1-5-15(16)13-21-20-18-7-3-4-8-19(18)27(25,26)22-20/h1-8,17,24H,9-14H2,(H,21,22). The van der Waals surface area contributed by atoms with Crippen molar-refractivity contribution in [2.75, 3.05) is 13.1 Å². The van der Waals surface area contributed by atoms with Crippen molar-refractivity contribution in [3.63, 3.8) is 0 Å². The van der Waals surface area contributed by atoms with Gasteiger partial charge in [0.1, 0.15) is 5.84 Å². The Kier molecular flexibility index (Phi) is 4.99. The van der Waals surface area contributed by atoms with Crippen molar-refractivity contribution in [1.82, 2.24) is 9.62 Å². The zero-order chi connectivity index (χ0) is 18.9. The second-order valence-electron chi connectivity index (χ2n) is 7.04. The lowest BCUT2D eigenvalue weighted by Crippen LogP contribution is -2.35. The van der Waals surface area contributed by atoms with Crippen LogP contribution in [0.3, 0.4) is 0 Å². The highest BCUT2D eigenvalue weighted by molar-refractivity contribution is 7.90. The number of aliphatic hydroxyl groups is 1. The first-order valence-electron chi connectivity index (χ1n) is 9.17. The van der Waals surface area contributed by atoms with Gasteiger partial charge in [0.05, 0.1) is 17.5 Å². The largest absolute Gasteiger partial charge is 0.393 e. The molecule has 0 saturated carbocycles. The average molecular weight is 385 g/mol. The van der Waals surface area contributed by atoms with Crippen LogP contribution in [0.1, 0.15) is 29.5 Å². The van der Waals surface area contributed by atoms with E-state index < -0.39 is 10.0 Å². The zero-order valence-corrected chi connectivity index (χ0v) is 15.8. The third-order valence-corrected chi connectivity index (χ3v) is 6.54. The van der Waals surface area contributed by atoms with Gasteiger partial charge in [0, 0.05) is 25.2 Å². The van der Waals surface area contributed by atoms with Crippen LogP contribution in [0.25, 0.3) is 0 Å². The number of hydrogen-bond donors (Lipinski definition) is 2. The van der Waals surface area contributed by atoms with Crippen LogP contribution in [0.15, 0.2) is 58.4 Å². The molecule has 27 heavy (non-hydrogen) atoms. The molecule has 0 amide bonds. The topological polar surface area (TPSA) is 82.0 Å². The molecule has 2 aromatic carbocycles. The average Bonchev–Trinajstić information content (AvgIpc) is 2.94. The predicted molar refractivity (Wildman–Crippen MR) is 104 cm³/mol. The molecule has 2 heterocycles. The number of sulfonamides is 1. The molecule has 0 atom stereocenters. The van der Waals surface area contributed by atoms with Crippen LogP contribution in [-0.4, -0.2) is 43.5 Å². The molecule has 0 unspecified atom stereocenters. The lowest BCUT2D eigenvalue weighted by molar-refractivity contribution is 0.0791. The number of amidine groups is 1. The molecule has 2 aliphatic heterocycles. The fourth-order valence-electron chi connectivity index (χ4n) is 3.60. The highest BCUT2D eigenvalue weighted by atomic mass is 32.2. The van der Waals surface area contributed by atoms with Crippen molar-refractivity contribution < 1.29 is 13.5 Å². The highest BCUT2D eigenvalue weighted by Crippen LogP contribution is 2.23. The number of nitrogens with one attached hydrogen (secondary N) is 1. The molecule has 0 aliphatic carbocycles. The quantitative estimate of drug-likeness (QED) is 0.842. The van der Waals surface area contributed by atoms with Crippen molar-refractivity contribution in [2.45, 2.75) is 36.9 Å². The zero-order valence-electron chi connectivity index (χ0n) is 15.0. The van der Waals surface area contributed by atoms with Crippen LogP contribution in [0.5, 0.6) is 0 Å². The molecule has 0 spiro atoms. The van der Waals surface area contributed by atoms with Crippen LogP contribution in [0.2, 0.25) is 0 Å². The van der Waals surface area contributed by atoms with E-state index in [1.165, 1.54) is 5.56 Å². The summed E-state index contributed by atoms with van der Waals surface area (Å²) in [5.41, 5.74) is 2.90. The molecule has 2 aliphatic rings. The molecule has 2 N–H and O–H groups in total. The molecule has 142 valence electrons. The third-order valence-electron chi connectivity index (χ3n) is 5.14. The first kappa shape index (κ1) is 18.2. The van der Waals surface area contributed by atoms with Crippen molar-refractivity contribution in [2.24, 2.45) is 4.99 Å². The summed E-state index contributed by atoms with van der Waals surface area (Å²) in [6.07, 6.45) is 1.44. The second kappa shape index (κ2) is 7.42. The Hall–Kier alpha value is -2.22. The SMILES string of the molecule is O=S1(=O)NC(=NCc2ccccc2CN2CCC(O)CC2)c2ccccc21. The van der Waals surface area contributed by atoms with Gasteiger partial charge in [-0.2, -0.15) is 0 Å². The lowest BCUT2D eigenvalue weighted by Gasteiger charge is -2.30. The van der Waals surface area contributed by atoms with E-state index in [1.54, 1.807) is 18.2 Å². The summed E-state index contributed by atoms with van der Waals surface area (Å²) in [5.74, 6) is 0.404. The monoisotopic (exact) mass is 385 g/mol. The fourth-order valence-corrected chi connectivity index (χ4v) is 4.85. The Morgan fingerprint density at radius 1 is 1.04 bits per heavy atom. The summed E-state index contributed by atoms with van der Waals surface area (Å²) in [6.45, 7) is 3.00. The molecule has 1 saturated heterocycles. The van der Waals surface area contributed by atoms with E-state index in [4.69, 9.17) is 0 Å². The van der Waals surface area contributed by atoms with E-state index in [9.17, 15) is 13.5 Å². The third kappa shape index (κ3) is 3.90. The maximum Gasteiger partial charge on any atom is 0.263 e. The maximum absolute atomic E-state index is 12.2. The van der Waals surface area contributed by atoms with Crippen LogP contribution >= 0.6 is 0 Å². The molecular weight excluding hydrogens is 362 g/mol. The van der Waals surface area contributed by atoms with Gasteiger partial charge in [-0.05, 0) is 36.1 Å². The Labute approximate surface area is 159 Å². The number of aliphatic hydroxyl groups excluding tert-OH is 1. The summed E-state index contributed by atoms with van der Waals surface area (Å²) in [6, 6.07) is 15.0. The van der Waals surface area contributed by atoms with E-state index >= 15 is 0 Å². The number of piperidine rings is 1. The normalized spacial score (nSPS) is 21.1. The number of benzene rings is 2. The molecule has 1 fully saturated rings. The summed E-state index contributed by atoms with van der Waals surface area (Å²) in [4.78, 5) is 7.19. The van der Waals surface area contributed by atoms with Crippen LogP contribution < -0.4 is 4.72 Å². The maximum atomic E-state index is 12.2. The van der Waals surface area contributed by atoms with Gasteiger partial charge in [0.2, 0.25) is 0 Å². The Morgan fingerprint density at radius 2 is 1.70 bits per heavy atom. The minimum Gasteiger partial charge on any atom is -0.393 e. The van der Waals surface area contributed by atoms with Crippen molar-refractivity contribution in [1.29, 1.82) is 0 Å². The molecule has 0 bridgehead atoms. The van der Waals surface area contributed by atoms with Crippen LogP contribution in [0.4, 0.5) is 0 Å². The number of fused-ring (bicyclic) bond motifs is 1. The van der Waals surface area contributed by atoms with Crippen molar-refractivity contribution in [3.8, 4) is 0 Å². The Morgan fingerprint density at radius 3 is 2.48 bits per heavy atom. The number of hydrogen-bond acceptors (Lipinski definition) is 5. The van der Waals surface area contributed by atoms with E-state index in [0.29, 0.717) is 17.9 Å². The Balaban J connectivity index is 1.53. The lowest BCUT2D eigenvalue weighted by atomic mass is 10.0. The Bertz CT molecular complexity index is 964. The second-order valence-corrected chi connectivity index (χ2v) is 8.69. The molecule has 0 aromatic heterocycles. The highest BCUT2D eigenvalue weighted by Gasteiger charge is 2.30. The van der Waals surface area contributed by atoms with Gasteiger partial charge in [-0.3, -0.25) is 14.6 Å². The van der Waals surface area contributed by atoms with Crippen molar-refractivity contribution >= 4 is 15.9 Å². The molecule has 7 heteroatoms. The number of nitrogens with zero attached hydrogens (tertiary/aromatic N) is 2. The molecular formula is C20H23N3O3S. The van der Waals surface area contributed by atoms with Gasteiger partial charge < -0.3 is 5.11 Å². The number of aliphatic imine (C=N–C) groups is 1. The summed E-state index contributed by atoms with van der Waals surface area (Å²) < 4.78 is 27.0. The number of likely N-dealkylation sites (tertiary alicyclic amines) is 1. The summed E-state index contributed by atoms with van der Waals surface area (Å²) in [5, 5.41) is 9.68. The van der Waals surface area contributed by atoms with Gasteiger partial charge in [0.25, 0.3) is 10.0 Å². The van der Waals surface area contributed by atoms with E-state index in [2.05, 4.69) is 20.7 Å². The minimum atomic E-state index is -3.51.